The molecular weight excluding hydrogens is 368 g/mol. The second-order valence-corrected chi connectivity index (χ2v) is 7.08. The molecular formula is C23H20N2O4. The fourth-order valence-corrected chi connectivity index (χ4v) is 4.19. The first-order valence-electron chi connectivity index (χ1n) is 9.61. The number of amides is 2. The third kappa shape index (κ3) is 2.68. The van der Waals surface area contributed by atoms with Gasteiger partial charge in [0.25, 0.3) is 11.8 Å². The van der Waals surface area contributed by atoms with Gasteiger partial charge in [0.05, 0.1) is 26.0 Å². The van der Waals surface area contributed by atoms with Crippen molar-refractivity contribution in [2.24, 2.45) is 0 Å². The molecule has 5 rings (SSSR count). The number of methoxy groups -OCH3 is 1. The summed E-state index contributed by atoms with van der Waals surface area (Å²) >= 11 is 0. The molecule has 3 aromatic rings. The average Bonchev–Trinajstić information content (AvgIpc) is 2.78. The molecule has 2 amide bonds. The van der Waals surface area contributed by atoms with E-state index in [4.69, 9.17) is 9.47 Å². The second-order valence-electron chi connectivity index (χ2n) is 7.08. The molecule has 6 nitrogen and oxygen atoms in total. The third-order valence-corrected chi connectivity index (χ3v) is 5.56. The Hall–Kier alpha value is -3.38. The highest BCUT2D eigenvalue weighted by Gasteiger charge is 2.36. The van der Waals surface area contributed by atoms with Gasteiger partial charge < -0.3 is 14.4 Å². The van der Waals surface area contributed by atoms with E-state index in [0.717, 1.165) is 29.5 Å². The number of carbonyl (C=O) groups excluding carboxylic acids is 2. The molecule has 0 unspecified atom stereocenters. The molecule has 6 heteroatoms. The standard InChI is InChI=1S/C23H20N2O4/c1-28-20-8-3-2-7-19(20)25-22(26)16-6-4-5-15-18(24-11-13-29-14-12-24)10-9-17(21(15)16)23(25)27/h2-10H,11-14H2,1H3. The highest BCUT2D eigenvalue weighted by Crippen LogP contribution is 2.39. The molecule has 2 aliphatic rings. The largest absolute Gasteiger partial charge is 0.495 e. The maximum Gasteiger partial charge on any atom is 0.266 e. The van der Waals surface area contributed by atoms with Crippen LogP contribution in [0.15, 0.2) is 54.6 Å². The molecule has 1 fully saturated rings. The monoisotopic (exact) mass is 388 g/mol. The summed E-state index contributed by atoms with van der Waals surface area (Å²) in [6, 6.07) is 16.5. The van der Waals surface area contributed by atoms with Gasteiger partial charge in [-0.05, 0) is 30.3 Å². The van der Waals surface area contributed by atoms with Crippen LogP contribution in [0.25, 0.3) is 10.8 Å². The SMILES string of the molecule is COc1ccccc1N1C(=O)c2cccc3c(N4CCOCC4)ccc(c23)C1=O. The molecule has 1 saturated heterocycles. The van der Waals surface area contributed by atoms with Gasteiger partial charge >= 0.3 is 0 Å². The fourth-order valence-electron chi connectivity index (χ4n) is 4.19. The van der Waals surface area contributed by atoms with E-state index in [0.29, 0.717) is 35.8 Å². The van der Waals surface area contributed by atoms with Crippen molar-refractivity contribution in [1.82, 2.24) is 0 Å². The average molecular weight is 388 g/mol. The van der Waals surface area contributed by atoms with Crippen LogP contribution in [-0.4, -0.2) is 45.2 Å². The number of para-hydroxylation sites is 2. The number of carbonyl (C=O) groups is 2. The van der Waals surface area contributed by atoms with Crippen LogP contribution >= 0.6 is 0 Å². The van der Waals surface area contributed by atoms with Gasteiger partial charge in [0.1, 0.15) is 5.75 Å². The molecule has 2 heterocycles. The minimum atomic E-state index is -0.336. The number of hydrogen-bond acceptors (Lipinski definition) is 5. The van der Waals surface area contributed by atoms with Crippen LogP contribution in [0, 0.1) is 0 Å². The van der Waals surface area contributed by atoms with Gasteiger partial charge in [0.15, 0.2) is 0 Å². The van der Waals surface area contributed by atoms with Crippen molar-refractivity contribution in [2.45, 2.75) is 0 Å². The maximum atomic E-state index is 13.4. The molecule has 0 spiro atoms. The highest BCUT2D eigenvalue weighted by molar-refractivity contribution is 6.36. The Labute approximate surface area is 168 Å². The van der Waals surface area contributed by atoms with Crippen LogP contribution in [0.5, 0.6) is 5.75 Å². The van der Waals surface area contributed by atoms with Crippen molar-refractivity contribution in [1.29, 1.82) is 0 Å². The van der Waals surface area contributed by atoms with E-state index in [1.807, 2.05) is 30.3 Å². The molecule has 0 aromatic heterocycles. The van der Waals surface area contributed by atoms with Crippen molar-refractivity contribution in [3.63, 3.8) is 0 Å². The van der Waals surface area contributed by atoms with Crippen molar-refractivity contribution >= 4 is 34.0 Å². The number of anilines is 2. The number of ether oxygens (including phenoxy) is 2. The zero-order valence-electron chi connectivity index (χ0n) is 16.1. The molecule has 29 heavy (non-hydrogen) atoms. The second kappa shape index (κ2) is 6.90. The smallest absolute Gasteiger partial charge is 0.266 e. The normalized spacial score (nSPS) is 16.4. The van der Waals surface area contributed by atoms with Crippen LogP contribution in [-0.2, 0) is 4.74 Å². The predicted molar refractivity (Wildman–Crippen MR) is 111 cm³/mol. The summed E-state index contributed by atoms with van der Waals surface area (Å²) in [4.78, 5) is 30.2. The lowest BCUT2D eigenvalue weighted by atomic mass is 9.92. The Morgan fingerprint density at radius 1 is 0.828 bits per heavy atom. The van der Waals surface area contributed by atoms with E-state index in [1.54, 1.807) is 24.3 Å². The van der Waals surface area contributed by atoms with Gasteiger partial charge in [-0.25, -0.2) is 4.90 Å². The van der Waals surface area contributed by atoms with Gasteiger partial charge in [-0.1, -0.05) is 24.3 Å². The number of morpholine rings is 1. The lowest BCUT2D eigenvalue weighted by Gasteiger charge is -2.32. The lowest BCUT2D eigenvalue weighted by Crippen LogP contribution is -2.41. The summed E-state index contributed by atoms with van der Waals surface area (Å²) in [5.41, 5.74) is 2.53. The topological polar surface area (TPSA) is 59.1 Å². The van der Waals surface area contributed by atoms with E-state index in [9.17, 15) is 9.59 Å². The van der Waals surface area contributed by atoms with Crippen molar-refractivity contribution in [3.8, 4) is 5.75 Å². The molecule has 146 valence electrons. The van der Waals surface area contributed by atoms with Crippen LogP contribution < -0.4 is 14.5 Å². The Balaban J connectivity index is 1.69. The minimum absolute atomic E-state index is 0.336. The number of rotatable bonds is 3. The van der Waals surface area contributed by atoms with Gasteiger partial charge in [-0.15, -0.1) is 0 Å². The van der Waals surface area contributed by atoms with Crippen molar-refractivity contribution < 1.29 is 19.1 Å². The van der Waals surface area contributed by atoms with Gasteiger partial charge in [0.2, 0.25) is 0 Å². The lowest BCUT2D eigenvalue weighted by molar-refractivity contribution is 0.0892. The van der Waals surface area contributed by atoms with E-state index in [-0.39, 0.29) is 11.8 Å². The van der Waals surface area contributed by atoms with Crippen LogP contribution in [0.2, 0.25) is 0 Å². The first-order valence-corrected chi connectivity index (χ1v) is 9.61. The summed E-state index contributed by atoms with van der Waals surface area (Å²) in [5, 5.41) is 1.64. The summed E-state index contributed by atoms with van der Waals surface area (Å²) in [6.45, 7) is 2.91. The number of imide groups is 1. The zero-order valence-corrected chi connectivity index (χ0v) is 16.1. The van der Waals surface area contributed by atoms with Crippen LogP contribution in [0.3, 0.4) is 0 Å². The Morgan fingerprint density at radius 3 is 2.31 bits per heavy atom. The summed E-state index contributed by atoms with van der Waals surface area (Å²) in [6.07, 6.45) is 0. The number of benzene rings is 3. The van der Waals surface area contributed by atoms with Crippen molar-refractivity contribution in [3.05, 3.63) is 65.7 Å². The minimum Gasteiger partial charge on any atom is -0.495 e. The van der Waals surface area contributed by atoms with Gasteiger partial charge in [-0.2, -0.15) is 0 Å². The fraction of sp³-hybridized carbons (Fsp3) is 0.217. The number of nitrogens with zero attached hydrogens (tertiary/aromatic N) is 2. The Morgan fingerprint density at radius 2 is 1.55 bits per heavy atom. The van der Waals surface area contributed by atoms with E-state index in [1.165, 1.54) is 12.0 Å². The van der Waals surface area contributed by atoms with Crippen LogP contribution in [0.1, 0.15) is 20.7 Å². The van der Waals surface area contributed by atoms with E-state index >= 15 is 0 Å². The summed E-state index contributed by atoms with van der Waals surface area (Å²) in [5.74, 6) is -0.191. The summed E-state index contributed by atoms with van der Waals surface area (Å²) < 4.78 is 10.9. The molecule has 0 atom stereocenters. The zero-order chi connectivity index (χ0) is 20.0. The first-order chi connectivity index (χ1) is 14.2. The van der Waals surface area contributed by atoms with Crippen LogP contribution in [0.4, 0.5) is 11.4 Å². The molecule has 3 aromatic carbocycles. The quantitative estimate of drug-likeness (QED) is 0.643. The Kier molecular flexibility index (Phi) is 4.21. The van der Waals surface area contributed by atoms with Gasteiger partial charge in [-0.3, -0.25) is 9.59 Å². The Bertz CT molecular complexity index is 1110. The highest BCUT2D eigenvalue weighted by atomic mass is 16.5. The predicted octanol–water partition coefficient (Wildman–Crippen LogP) is 3.49. The van der Waals surface area contributed by atoms with Gasteiger partial charge in [0, 0.05) is 40.7 Å². The van der Waals surface area contributed by atoms with Crippen molar-refractivity contribution in [2.75, 3.05) is 43.2 Å². The van der Waals surface area contributed by atoms with E-state index in [2.05, 4.69) is 4.90 Å². The molecule has 0 saturated carbocycles. The van der Waals surface area contributed by atoms with E-state index < -0.39 is 0 Å². The number of hydrogen-bond donors (Lipinski definition) is 0. The molecule has 2 aliphatic heterocycles. The third-order valence-electron chi connectivity index (χ3n) is 5.56. The molecule has 0 N–H and O–H groups in total. The molecule has 0 radical (unpaired) electrons. The molecule has 0 bridgehead atoms. The maximum absolute atomic E-state index is 13.4. The molecule has 0 aliphatic carbocycles. The first kappa shape index (κ1) is 17.7. The summed E-state index contributed by atoms with van der Waals surface area (Å²) in [7, 11) is 1.53.